The molecule has 0 aliphatic heterocycles. The van der Waals surface area contributed by atoms with E-state index in [4.69, 9.17) is 5.26 Å². The Morgan fingerprint density at radius 2 is 2.47 bits per heavy atom. The zero-order valence-electron chi connectivity index (χ0n) is 9.94. The van der Waals surface area contributed by atoms with Gasteiger partial charge in [0.25, 0.3) is 0 Å². The summed E-state index contributed by atoms with van der Waals surface area (Å²) >= 11 is 0. The van der Waals surface area contributed by atoms with Gasteiger partial charge in [-0.15, -0.1) is 0 Å². The molecule has 5 heteroatoms. The summed E-state index contributed by atoms with van der Waals surface area (Å²) < 4.78 is 1.93. The third kappa shape index (κ3) is 2.16. The molecule has 0 aromatic carbocycles. The summed E-state index contributed by atoms with van der Waals surface area (Å²) in [5.74, 6) is 0.811. The van der Waals surface area contributed by atoms with Gasteiger partial charge in [0.15, 0.2) is 0 Å². The van der Waals surface area contributed by atoms with Crippen LogP contribution in [-0.4, -0.2) is 22.0 Å². The average Bonchev–Trinajstić information content (AvgIpc) is 2.64. The molecular weight excluding hydrogens is 216 g/mol. The van der Waals surface area contributed by atoms with Crippen molar-refractivity contribution in [3.8, 4) is 6.07 Å². The SMILES string of the molecule is Cn1ccnc1CCNC(=O)C1(C#N)CCC1. The molecule has 1 aliphatic rings. The first-order valence-electron chi connectivity index (χ1n) is 5.84. The molecule has 0 radical (unpaired) electrons. The van der Waals surface area contributed by atoms with Gasteiger partial charge in [-0.2, -0.15) is 5.26 Å². The monoisotopic (exact) mass is 232 g/mol. The molecule has 0 spiro atoms. The molecule has 1 heterocycles. The van der Waals surface area contributed by atoms with Crippen LogP contribution in [0.5, 0.6) is 0 Å². The van der Waals surface area contributed by atoms with Gasteiger partial charge in [0.05, 0.1) is 6.07 Å². The highest BCUT2D eigenvalue weighted by Gasteiger charge is 2.44. The number of hydrogen-bond acceptors (Lipinski definition) is 3. The summed E-state index contributed by atoms with van der Waals surface area (Å²) in [5, 5.41) is 11.8. The summed E-state index contributed by atoms with van der Waals surface area (Å²) in [4.78, 5) is 16.0. The van der Waals surface area contributed by atoms with Gasteiger partial charge in [-0.25, -0.2) is 4.98 Å². The molecule has 2 rings (SSSR count). The Labute approximate surface area is 100 Å². The van der Waals surface area contributed by atoms with Gasteiger partial charge in [0, 0.05) is 32.4 Å². The number of amides is 1. The fourth-order valence-electron chi connectivity index (χ4n) is 2.01. The highest BCUT2D eigenvalue weighted by atomic mass is 16.2. The van der Waals surface area contributed by atoms with Crippen molar-refractivity contribution in [2.75, 3.05) is 6.54 Å². The molecule has 1 aromatic heterocycles. The summed E-state index contributed by atoms with van der Waals surface area (Å²) in [6.45, 7) is 0.535. The minimum absolute atomic E-state index is 0.125. The van der Waals surface area contributed by atoms with Crippen molar-refractivity contribution >= 4 is 5.91 Å². The fraction of sp³-hybridized carbons (Fsp3) is 0.583. The maximum absolute atomic E-state index is 11.8. The van der Waals surface area contributed by atoms with Crippen LogP contribution < -0.4 is 5.32 Å². The van der Waals surface area contributed by atoms with Gasteiger partial charge in [-0.05, 0) is 19.3 Å². The number of carbonyl (C=O) groups excluding carboxylic acids is 1. The van der Waals surface area contributed by atoms with Crippen molar-refractivity contribution in [2.45, 2.75) is 25.7 Å². The Balaban J connectivity index is 1.81. The summed E-state index contributed by atoms with van der Waals surface area (Å²) in [5.41, 5.74) is -0.748. The number of hydrogen-bond donors (Lipinski definition) is 1. The van der Waals surface area contributed by atoms with E-state index in [9.17, 15) is 4.79 Å². The molecular formula is C12H16N4O. The second-order valence-corrected chi connectivity index (χ2v) is 4.51. The highest BCUT2D eigenvalue weighted by molar-refractivity contribution is 5.86. The molecule has 1 saturated carbocycles. The molecule has 5 nitrogen and oxygen atoms in total. The van der Waals surface area contributed by atoms with Crippen molar-refractivity contribution in [3.63, 3.8) is 0 Å². The Bertz CT molecular complexity index is 453. The molecule has 0 saturated heterocycles. The standard InChI is InChI=1S/C12H16N4O/c1-16-8-7-14-10(16)3-6-15-11(17)12(9-13)4-2-5-12/h7-8H,2-6H2,1H3,(H,15,17). The van der Waals surface area contributed by atoms with Gasteiger partial charge < -0.3 is 9.88 Å². The van der Waals surface area contributed by atoms with Gasteiger partial charge in [-0.3, -0.25) is 4.79 Å². The van der Waals surface area contributed by atoms with Crippen molar-refractivity contribution in [1.29, 1.82) is 5.26 Å². The molecule has 1 amide bonds. The first kappa shape index (κ1) is 11.6. The van der Waals surface area contributed by atoms with Crippen molar-refractivity contribution < 1.29 is 4.79 Å². The minimum Gasteiger partial charge on any atom is -0.354 e. The molecule has 90 valence electrons. The molecule has 1 N–H and O–H groups in total. The van der Waals surface area contributed by atoms with Crippen molar-refractivity contribution in [1.82, 2.24) is 14.9 Å². The van der Waals surface area contributed by atoms with Crippen LogP contribution >= 0.6 is 0 Å². The summed E-state index contributed by atoms with van der Waals surface area (Å²) in [6, 6.07) is 2.14. The lowest BCUT2D eigenvalue weighted by molar-refractivity contribution is -0.131. The third-order valence-corrected chi connectivity index (χ3v) is 3.41. The van der Waals surface area contributed by atoms with Crippen LogP contribution in [-0.2, 0) is 18.3 Å². The van der Waals surface area contributed by atoms with Gasteiger partial charge in [0.2, 0.25) is 5.91 Å². The van der Waals surface area contributed by atoms with Crippen LogP contribution in [0, 0.1) is 16.7 Å². The normalized spacial score (nSPS) is 16.9. The van der Waals surface area contributed by atoms with Crippen molar-refractivity contribution in [3.05, 3.63) is 18.2 Å². The maximum Gasteiger partial charge on any atom is 0.240 e. The van der Waals surface area contributed by atoms with Crippen LogP contribution in [0.4, 0.5) is 0 Å². The van der Waals surface area contributed by atoms with Crippen LogP contribution in [0.15, 0.2) is 12.4 Å². The van der Waals surface area contributed by atoms with Gasteiger partial charge in [0.1, 0.15) is 11.2 Å². The largest absolute Gasteiger partial charge is 0.354 e. The van der Waals surface area contributed by atoms with E-state index >= 15 is 0 Å². The number of imidazole rings is 1. The van der Waals surface area contributed by atoms with Crippen molar-refractivity contribution in [2.24, 2.45) is 12.5 Å². The summed E-state index contributed by atoms with van der Waals surface area (Å²) in [7, 11) is 1.92. The number of nitriles is 1. The molecule has 1 aromatic rings. The lowest BCUT2D eigenvalue weighted by Gasteiger charge is -2.33. The lowest BCUT2D eigenvalue weighted by atomic mass is 9.69. The smallest absolute Gasteiger partial charge is 0.240 e. The first-order valence-corrected chi connectivity index (χ1v) is 5.84. The lowest BCUT2D eigenvalue weighted by Crippen LogP contribution is -2.45. The maximum atomic E-state index is 11.8. The number of aromatic nitrogens is 2. The highest BCUT2D eigenvalue weighted by Crippen LogP contribution is 2.40. The summed E-state index contributed by atoms with van der Waals surface area (Å²) in [6.07, 6.45) is 6.66. The van der Waals surface area contributed by atoms with E-state index in [2.05, 4.69) is 16.4 Å². The van der Waals surface area contributed by atoms with E-state index in [1.54, 1.807) is 6.20 Å². The second-order valence-electron chi connectivity index (χ2n) is 4.51. The predicted octanol–water partition coefficient (Wildman–Crippen LogP) is 0.773. The molecule has 1 aliphatic carbocycles. The van der Waals surface area contributed by atoms with Crippen LogP contribution in [0.25, 0.3) is 0 Å². The molecule has 0 bridgehead atoms. The Morgan fingerprint density at radius 1 is 1.71 bits per heavy atom. The van der Waals surface area contributed by atoms with Gasteiger partial charge in [-0.1, -0.05) is 0 Å². The molecule has 0 unspecified atom stereocenters. The number of rotatable bonds is 4. The van der Waals surface area contributed by atoms with E-state index < -0.39 is 5.41 Å². The van der Waals surface area contributed by atoms with Crippen LogP contribution in [0.1, 0.15) is 25.1 Å². The Morgan fingerprint density at radius 3 is 2.94 bits per heavy atom. The number of nitrogens with one attached hydrogen (secondary N) is 1. The van der Waals surface area contributed by atoms with Gasteiger partial charge >= 0.3 is 0 Å². The quantitative estimate of drug-likeness (QED) is 0.833. The van der Waals surface area contributed by atoms with E-state index in [0.717, 1.165) is 12.2 Å². The van der Waals surface area contributed by atoms with E-state index in [-0.39, 0.29) is 5.91 Å². The zero-order valence-corrected chi connectivity index (χ0v) is 9.94. The Kier molecular flexibility index (Phi) is 3.14. The van der Waals surface area contributed by atoms with Crippen LogP contribution in [0.2, 0.25) is 0 Å². The number of aryl methyl sites for hydroxylation is 1. The third-order valence-electron chi connectivity index (χ3n) is 3.41. The van der Waals surface area contributed by atoms with E-state index in [1.807, 2.05) is 17.8 Å². The predicted molar refractivity (Wildman–Crippen MR) is 61.8 cm³/mol. The minimum atomic E-state index is -0.748. The first-order chi connectivity index (χ1) is 8.18. The number of carbonyl (C=O) groups is 1. The fourth-order valence-corrected chi connectivity index (χ4v) is 2.01. The van der Waals surface area contributed by atoms with Crippen LogP contribution in [0.3, 0.4) is 0 Å². The zero-order chi connectivity index (χ0) is 12.3. The molecule has 17 heavy (non-hydrogen) atoms. The second kappa shape index (κ2) is 4.58. The van der Waals surface area contributed by atoms with E-state index in [1.165, 1.54) is 0 Å². The average molecular weight is 232 g/mol. The topological polar surface area (TPSA) is 70.7 Å². The van der Waals surface area contributed by atoms with E-state index in [0.29, 0.717) is 25.8 Å². The molecule has 0 atom stereocenters. The number of nitrogens with zero attached hydrogens (tertiary/aromatic N) is 3. The molecule has 1 fully saturated rings. The Hall–Kier alpha value is -1.83.